The molecule has 108 valence electrons. The Bertz CT molecular complexity index is 663. The van der Waals surface area contributed by atoms with Gasteiger partial charge in [-0.1, -0.05) is 38.1 Å². The minimum Gasteiger partial charge on any atom is -0.322 e. The number of hydrogen-bond donors (Lipinski definition) is 1. The van der Waals surface area contributed by atoms with Crippen LogP contribution in [-0.2, 0) is 0 Å². The number of hydrogen-bond acceptors (Lipinski definition) is 3. The number of carbonyl (C=O) groups is 1. The van der Waals surface area contributed by atoms with Crippen LogP contribution in [0.4, 0.5) is 11.4 Å². The first-order chi connectivity index (χ1) is 9.99. The molecule has 0 fully saturated rings. The van der Waals surface area contributed by atoms with E-state index in [1.165, 1.54) is 23.8 Å². The molecule has 2 aromatic rings. The highest BCUT2D eigenvalue weighted by Gasteiger charge is 2.19. The van der Waals surface area contributed by atoms with Crippen molar-refractivity contribution >= 4 is 17.3 Å². The summed E-state index contributed by atoms with van der Waals surface area (Å²) in [6.07, 6.45) is 0. The van der Waals surface area contributed by atoms with Crippen molar-refractivity contribution in [1.82, 2.24) is 0 Å². The largest absolute Gasteiger partial charge is 0.322 e. The molecular weight excluding hydrogens is 268 g/mol. The van der Waals surface area contributed by atoms with Gasteiger partial charge in [0, 0.05) is 11.8 Å². The van der Waals surface area contributed by atoms with E-state index in [1.54, 1.807) is 18.2 Å². The van der Waals surface area contributed by atoms with Gasteiger partial charge in [0.1, 0.15) is 5.56 Å². The van der Waals surface area contributed by atoms with Gasteiger partial charge in [0.25, 0.3) is 11.6 Å². The lowest BCUT2D eigenvalue weighted by Crippen LogP contribution is -2.13. The molecule has 2 rings (SSSR count). The van der Waals surface area contributed by atoms with Crippen molar-refractivity contribution in [3.8, 4) is 0 Å². The summed E-state index contributed by atoms with van der Waals surface area (Å²) in [6, 6.07) is 13.3. The van der Waals surface area contributed by atoms with Crippen LogP contribution in [0.2, 0.25) is 0 Å². The molecule has 0 atom stereocenters. The van der Waals surface area contributed by atoms with E-state index in [0.717, 1.165) is 0 Å². The molecule has 0 unspecified atom stereocenters. The van der Waals surface area contributed by atoms with Gasteiger partial charge < -0.3 is 5.32 Å². The predicted molar refractivity (Wildman–Crippen MR) is 81.6 cm³/mol. The van der Waals surface area contributed by atoms with Crippen LogP contribution in [0.15, 0.2) is 48.5 Å². The van der Waals surface area contributed by atoms with Crippen molar-refractivity contribution in [3.05, 3.63) is 69.8 Å². The van der Waals surface area contributed by atoms with Gasteiger partial charge >= 0.3 is 0 Å². The molecule has 0 aliphatic heterocycles. The van der Waals surface area contributed by atoms with Crippen molar-refractivity contribution in [2.75, 3.05) is 5.32 Å². The number of nitrogens with one attached hydrogen (secondary N) is 1. The fourth-order valence-electron chi connectivity index (χ4n) is 1.97. The summed E-state index contributed by atoms with van der Waals surface area (Å²) < 4.78 is 0. The summed E-state index contributed by atoms with van der Waals surface area (Å²) in [5.41, 5.74) is 1.63. The summed E-state index contributed by atoms with van der Waals surface area (Å²) in [7, 11) is 0. The average Bonchev–Trinajstić information content (AvgIpc) is 2.47. The zero-order chi connectivity index (χ0) is 15.4. The molecule has 5 nitrogen and oxygen atoms in total. The average molecular weight is 284 g/mol. The Morgan fingerprint density at radius 1 is 1.10 bits per heavy atom. The summed E-state index contributed by atoms with van der Waals surface area (Å²) in [6.45, 7) is 4.17. The summed E-state index contributed by atoms with van der Waals surface area (Å²) >= 11 is 0. The molecule has 0 aliphatic rings. The molecule has 21 heavy (non-hydrogen) atoms. The van der Waals surface area contributed by atoms with Crippen LogP contribution >= 0.6 is 0 Å². The number of benzene rings is 2. The Kier molecular flexibility index (Phi) is 4.33. The zero-order valence-corrected chi connectivity index (χ0v) is 11.9. The lowest BCUT2D eigenvalue weighted by Gasteiger charge is -2.08. The highest BCUT2D eigenvalue weighted by atomic mass is 16.6. The standard InChI is InChI=1S/C16H16N2O3/c1-11(2)12-7-9-13(10-8-12)17-16(19)14-5-3-4-6-15(14)18(20)21/h3-11H,1-2H3,(H,17,19). The maximum atomic E-state index is 12.1. The molecule has 1 N–H and O–H groups in total. The SMILES string of the molecule is CC(C)c1ccc(NC(=O)c2ccccc2[N+](=O)[O-])cc1. The quantitative estimate of drug-likeness (QED) is 0.682. The molecule has 0 saturated carbocycles. The summed E-state index contributed by atoms with van der Waals surface area (Å²) in [5, 5.41) is 13.6. The monoisotopic (exact) mass is 284 g/mol. The zero-order valence-electron chi connectivity index (χ0n) is 11.9. The Morgan fingerprint density at radius 3 is 2.29 bits per heavy atom. The molecule has 0 aliphatic carbocycles. The Balaban J connectivity index is 2.20. The number of nitro benzene ring substituents is 1. The third-order valence-electron chi connectivity index (χ3n) is 3.18. The highest BCUT2D eigenvalue weighted by Crippen LogP contribution is 2.21. The fraction of sp³-hybridized carbons (Fsp3) is 0.188. The fourth-order valence-corrected chi connectivity index (χ4v) is 1.97. The van der Waals surface area contributed by atoms with Crippen molar-refractivity contribution in [2.45, 2.75) is 19.8 Å². The number of anilines is 1. The predicted octanol–water partition coefficient (Wildman–Crippen LogP) is 3.97. The third-order valence-corrected chi connectivity index (χ3v) is 3.18. The van der Waals surface area contributed by atoms with Crippen molar-refractivity contribution in [3.63, 3.8) is 0 Å². The van der Waals surface area contributed by atoms with Crippen LogP contribution in [-0.4, -0.2) is 10.8 Å². The van der Waals surface area contributed by atoms with Gasteiger partial charge in [-0.15, -0.1) is 0 Å². The summed E-state index contributed by atoms with van der Waals surface area (Å²) in [5.74, 6) is -0.0791. The van der Waals surface area contributed by atoms with E-state index in [4.69, 9.17) is 0 Å². The summed E-state index contributed by atoms with van der Waals surface area (Å²) in [4.78, 5) is 22.5. The molecule has 1 amide bonds. The lowest BCUT2D eigenvalue weighted by molar-refractivity contribution is -0.385. The van der Waals surface area contributed by atoms with E-state index in [9.17, 15) is 14.9 Å². The van der Waals surface area contributed by atoms with Crippen LogP contribution in [0.1, 0.15) is 35.7 Å². The Hall–Kier alpha value is -2.69. The van der Waals surface area contributed by atoms with Crippen molar-refractivity contribution < 1.29 is 9.72 Å². The first kappa shape index (κ1) is 14.7. The van der Waals surface area contributed by atoms with Crippen LogP contribution in [0.25, 0.3) is 0 Å². The minimum atomic E-state index is -0.559. The van der Waals surface area contributed by atoms with Crippen LogP contribution < -0.4 is 5.32 Å². The van der Waals surface area contributed by atoms with Crippen molar-refractivity contribution in [1.29, 1.82) is 0 Å². The van der Waals surface area contributed by atoms with Gasteiger partial charge in [-0.05, 0) is 29.7 Å². The lowest BCUT2D eigenvalue weighted by atomic mass is 10.0. The maximum absolute atomic E-state index is 12.1. The number of carbonyl (C=O) groups excluding carboxylic acids is 1. The molecule has 5 heteroatoms. The van der Waals surface area contributed by atoms with Crippen LogP contribution in [0, 0.1) is 10.1 Å². The Morgan fingerprint density at radius 2 is 1.71 bits per heavy atom. The normalized spacial score (nSPS) is 10.4. The van der Waals surface area contributed by atoms with E-state index < -0.39 is 10.8 Å². The molecular formula is C16H16N2O3. The minimum absolute atomic E-state index is 0.0513. The van der Waals surface area contributed by atoms with Crippen LogP contribution in [0.3, 0.4) is 0 Å². The van der Waals surface area contributed by atoms with Gasteiger partial charge in [0.15, 0.2) is 0 Å². The highest BCUT2D eigenvalue weighted by molar-refractivity contribution is 6.07. The second kappa shape index (κ2) is 6.17. The third kappa shape index (κ3) is 3.45. The van der Waals surface area contributed by atoms with E-state index in [0.29, 0.717) is 11.6 Å². The van der Waals surface area contributed by atoms with Gasteiger partial charge in [-0.25, -0.2) is 0 Å². The molecule has 0 bridgehead atoms. The first-order valence-electron chi connectivity index (χ1n) is 6.63. The van der Waals surface area contributed by atoms with E-state index in [-0.39, 0.29) is 11.3 Å². The van der Waals surface area contributed by atoms with E-state index in [1.807, 2.05) is 12.1 Å². The number of rotatable bonds is 4. The maximum Gasteiger partial charge on any atom is 0.282 e. The van der Waals surface area contributed by atoms with Gasteiger partial charge in [0.2, 0.25) is 0 Å². The molecule has 0 spiro atoms. The molecule has 0 heterocycles. The first-order valence-corrected chi connectivity index (χ1v) is 6.63. The van der Waals surface area contributed by atoms with Gasteiger partial charge in [-0.2, -0.15) is 0 Å². The van der Waals surface area contributed by atoms with Gasteiger partial charge in [-0.3, -0.25) is 14.9 Å². The van der Waals surface area contributed by atoms with Gasteiger partial charge in [0.05, 0.1) is 4.92 Å². The van der Waals surface area contributed by atoms with E-state index >= 15 is 0 Å². The molecule has 2 aromatic carbocycles. The number of amides is 1. The topological polar surface area (TPSA) is 72.2 Å². The Labute approximate surface area is 122 Å². The smallest absolute Gasteiger partial charge is 0.282 e. The number of nitrogens with zero attached hydrogens (tertiary/aromatic N) is 1. The second-order valence-corrected chi connectivity index (χ2v) is 5.01. The second-order valence-electron chi connectivity index (χ2n) is 5.01. The van der Waals surface area contributed by atoms with E-state index in [2.05, 4.69) is 19.2 Å². The van der Waals surface area contributed by atoms with Crippen LogP contribution in [0.5, 0.6) is 0 Å². The number of nitro groups is 1. The molecule has 0 aromatic heterocycles. The molecule has 0 saturated heterocycles. The van der Waals surface area contributed by atoms with Crippen molar-refractivity contribution in [2.24, 2.45) is 0 Å². The molecule has 0 radical (unpaired) electrons. The number of para-hydroxylation sites is 1.